The van der Waals surface area contributed by atoms with Gasteiger partial charge in [-0.2, -0.15) is 0 Å². The van der Waals surface area contributed by atoms with Crippen LogP contribution in [0.5, 0.6) is 0 Å². The fourth-order valence-electron chi connectivity index (χ4n) is 1.50. The second-order valence-corrected chi connectivity index (χ2v) is 3.48. The fraction of sp³-hybridized carbons (Fsp3) is 0.500. The van der Waals surface area contributed by atoms with E-state index in [2.05, 4.69) is 17.4 Å². The predicted molar refractivity (Wildman–Crippen MR) is 57.4 cm³/mol. The van der Waals surface area contributed by atoms with Crippen LogP contribution in [0.4, 0.5) is 0 Å². The Hall–Kier alpha value is -0.800. The number of halogens is 1. The first-order valence-corrected chi connectivity index (χ1v) is 5.01. The molecule has 0 aliphatic carbocycles. The van der Waals surface area contributed by atoms with Crippen LogP contribution >= 0.6 is 11.6 Å². The Balaban J connectivity index is 2.64. The molecule has 1 N–H and O–H groups in total. The molecular weight excluding hydrogens is 200 g/mol. The van der Waals surface area contributed by atoms with Crippen molar-refractivity contribution >= 4 is 11.6 Å². The first-order valence-electron chi connectivity index (χ1n) is 4.58. The fourth-order valence-corrected chi connectivity index (χ4v) is 1.59. The Kier molecular flexibility index (Phi) is 4.17. The van der Waals surface area contributed by atoms with Gasteiger partial charge in [0.15, 0.2) is 0 Å². The number of rotatable bonds is 4. The van der Waals surface area contributed by atoms with Crippen molar-refractivity contribution in [1.29, 1.82) is 0 Å². The third-order valence-electron chi connectivity index (χ3n) is 2.15. The second kappa shape index (κ2) is 5.17. The molecule has 1 unspecified atom stereocenters. The highest BCUT2D eigenvalue weighted by Crippen LogP contribution is 2.20. The van der Waals surface area contributed by atoms with Gasteiger partial charge in [0, 0.05) is 23.7 Å². The van der Waals surface area contributed by atoms with Crippen molar-refractivity contribution in [1.82, 2.24) is 10.5 Å². The van der Waals surface area contributed by atoms with Gasteiger partial charge in [-0.05, 0) is 20.8 Å². The van der Waals surface area contributed by atoms with Crippen LogP contribution in [0.3, 0.4) is 0 Å². The molecule has 1 aromatic rings. The minimum atomic E-state index is 0.231. The number of aryl methyl sites for hydroxylation is 2. The van der Waals surface area contributed by atoms with Gasteiger partial charge >= 0.3 is 0 Å². The number of nitrogens with zero attached hydrogens (tertiary/aromatic N) is 1. The quantitative estimate of drug-likeness (QED) is 0.838. The van der Waals surface area contributed by atoms with Crippen molar-refractivity contribution in [3.8, 4) is 0 Å². The summed E-state index contributed by atoms with van der Waals surface area (Å²) in [5.41, 5.74) is 3.58. The zero-order valence-corrected chi connectivity index (χ0v) is 9.43. The topological polar surface area (TPSA) is 38.1 Å². The van der Waals surface area contributed by atoms with Crippen molar-refractivity contribution < 1.29 is 4.52 Å². The van der Waals surface area contributed by atoms with Gasteiger partial charge in [0.25, 0.3) is 0 Å². The Bertz CT molecular complexity index is 300. The van der Waals surface area contributed by atoms with E-state index in [4.69, 9.17) is 16.1 Å². The normalized spacial score (nSPS) is 13.7. The van der Waals surface area contributed by atoms with E-state index >= 15 is 0 Å². The maximum Gasteiger partial charge on any atom is 0.138 e. The van der Waals surface area contributed by atoms with Crippen LogP contribution in [0.25, 0.3) is 0 Å². The first kappa shape index (κ1) is 11.3. The molecule has 0 saturated heterocycles. The predicted octanol–water partition coefficient (Wildman–Crippen LogP) is 2.69. The lowest BCUT2D eigenvalue weighted by Crippen LogP contribution is -2.19. The highest BCUT2D eigenvalue weighted by molar-refractivity contribution is 6.25. The Morgan fingerprint density at radius 1 is 1.57 bits per heavy atom. The molecular formula is C10H15ClN2O. The van der Waals surface area contributed by atoms with Gasteiger partial charge in [-0.25, -0.2) is 0 Å². The summed E-state index contributed by atoms with van der Waals surface area (Å²) in [7, 11) is 0. The summed E-state index contributed by atoms with van der Waals surface area (Å²) in [4.78, 5) is 0. The zero-order valence-electron chi connectivity index (χ0n) is 8.67. The van der Waals surface area contributed by atoms with Crippen LogP contribution < -0.4 is 5.32 Å². The molecule has 1 atom stereocenters. The largest absolute Gasteiger partial charge is 0.361 e. The summed E-state index contributed by atoms with van der Waals surface area (Å²) in [6, 6.07) is 0.231. The Labute approximate surface area is 89.1 Å². The smallest absolute Gasteiger partial charge is 0.138 e. The van der Waals surface area contributed by atoms with E-state index < -0.39 is 0 Å². The molecule has 0 aliphatic rings. The lowest BCUT2D eigenvalue weighted by molar-refractivity contribution is 0.391. The molecule has 0 amide bonds. The van der Waals surface area contributed by atoms with Crippen LogP contribution in [0.1, 0.15) is 30.0 Å². The lowest BCUT2D eigenvalue weighted by atomic mass is 10.1. The summed E-state index contributed by atoms with van der Waals surface area (Å²) in [6.07, 6.45) is 1.86. The van der Waals surface area contributed by atoms with Crippen LogP contribution in [0.2, 0.25) is 0 Å². The van der Waals surface area contributed by atoms with Crippen LogP contribution in [-0.2, 0) is 0 Å². The van der Waals surface area contributed by atoms with E-state index in [1.807, 2.05) is 19.9 Å². The Morgan fingerprint density at radius 3 is 2.79 bits per heavy atom. The van der Waals surface area contributed by atoms with Gasteiger partial charge in [0.2, 0.25) is 0 Å². The summed E-state index contributed by atoms with van der Waals surface area (Å²) in [6.45, 7) is 6.69. The van der Waals surface area contributed by atoms with Crippen LogP contribution in [-0.4, -0.2) is 11.7 Å². The number of aromatic nitrogens is 1. The van der Waals surface area contributed by atoms with E-state index in [1.165, 1.54) is 5.54 Å². The first-order chi connectivity index (χ1) is 6.66. The molecule has 0 aliphatic heterocycles. The molecule has 14 heavy (non-hydrogen) atoms. The number of hydrogen-bond donors (Lipinski definition) is 1. The van der Waals surface area contributed by atoms with E-state index in [-0.39, 0.29) is 6.04 Å². The van der Waals surface area contributed by atoms with Crippen molar-refractivity contribution in [2.24, 2.45) is 0 Å². The monoisotopic (exact) mass is 214 g/mol. The van der Waals surface area contributed by atoms with Gasteiger partial charge in [0.1, 0.15) is 5.76 Å². The molecule has 78 valence electrons. The minimum absolute atomic E-state index is 0.231. The molecule has 1 aromatic heterocycles. The maximum atomic E-state index is 5.42. The molecule has 3 nitrogen and oxygen atoms in total. The molecule has 1 heterocycles. The molecule has 0 spiro atoms. The third kappa shape index (κ3) is 2.59. The molecule has 0 fully saturated rings. The second-order valence-electron chi connectivity index (χ2n) is 3.23. The number of nitrogens with one attached hydrogen (secondary N) is 1. The van der Waals surface area contributed by atoms with E-state index in [9.17, 15) is 0 Å². The Morgan fingerprint density at radius 2 is 2.29 bits per heavy atom. The average Bonchev–Trinajstić information content (AvgIpc) is 2.46. The van der Waals surface area contributed by atoms with Crippen molar-refractivity contribution in [3.63, 3.8) is 0 Å². The molecule has 4 heteroatoms. The van der Waals surface area contributed by atoms with Gasteiger partial charge in [0.05, 0.1) is 5.69 Å². The maximum absolute atomic E-state index is 5.42. The molecule has 0 radical (unpaired) electrons. The standard InChI is InChI=1S/C10H15ClN2O/c1-7(12-6-4-5-11)10-8(2)13-14-9(10)3/h4-5,7,12H,6H2,1-3H3/b5-4+. The molecule has 0 bridgehead atoms. The van der Waals surface area contributed by atoms with Crippen molar-refractivity contribution in [2.45, 2.75) is 26.8 Å². The lowest BCUT2D eigenvalue weighted by Gasteiger charge is -2.11. The van der Waals surface area contributed by atoms with Crippen molar-refractivity contribution in [3.05, 3.63) is 28.6 Å². The molecule has 1 rings (SSSR count). The summed E-state index contributed by atoms with van der Waals surface area (Å²) >= 11 is 5.42. The van der Waals surface area contributed by atoms with Crippen LogP contribution in [0.15, 0.2) is 16.1 Å². The summed E-state index contributed by atoms with van der Waals surface area (Å²) < 4.78 is 5.09. The van der Waals surface area contributed by atoms with Crippen LogP contribution in [0, 0.1) is 13.8 Å². The van der Waals surface area contributed by atoms with Gasteiger partial charge < -0.3 is 9.84 Å². The average molecular weight is 215 g/mol. The van der Waals surface area contributed by atoms with Crippen molar-refractivity contribution in [2.75, 3.05) is 6.54 Å². The third-order valence-corrected chi connectivity index (χ3v) is 2.33. The highest BCUT2D eigenvalue weighted by Gasteiger charge is 2.14. The summed E-state index contributed by atoms with van der Waals surface area (Å²) in [5, 5.41) is 7.20. The van der Waals surface area contributed by atoms with Gasteiger partial charge in [-0.15, -0.1) is 0 Å². The SMILES string of the molecule is Cc1noc(C)c1C(C)NC/C=C/Cl. The van der Waals surface area contributed by atoms with Gasteiger partial charge in [-0.1, -0.05) is 22.8 Å². The van der Waals surface area contributed by atoms with E-state index in [0.29, 0.717) is 0 Å². The van der Waals surface area contributed by atoms with E-state index in [0.717, 1.165) is 23.6 Å². The zero-order chi connectivity index (χ0) is 10.6. The molecule has 0 saturated carbocycles. The van der Waals surface area contributed by atoms with E-state index in [1.54, 1.807) is 0 Å². The van der Waals surface area contributed by atoms with Gasteiger partial charge in [-0.3, -0.25) is 0 Å². The highest BCUT2D eigenvalue weighted by atomic mass is 35.5. The molecule has 0 aromatic carbocycles. The summed E-state index contributed by atoms with van der Waals surface area (Å²) in [5.74, 6) is 0.873. The minimum Gasteiger partial charge on any atom is -0.361 e. The number of hydrogen-bond acceptors (Lipinski definition) is 3.